The summed E-state index contributed by atoms with van der Waals surface area (Å²) in [4.78, 5) is 28.1. The molecule has 0 aromatic heterocycles. The lowest BCUT2D eigenvalue weighted by atomic mass is 9.83. The molecule has 0 aliphatic heterocycles. The van der Waals surface area contributed by atoms with Gasteiger partial charge < -0.3 is 4.74 Å². The normalized spacial score (nSPS) is 22.1. The number of allylic oxidation sites excluding steroid dienone is 1. The molecule has 3 aliphatic rings. The van der Waals surface area contributed by atoms with Crippen LogP contribution >= 0.6 is 0 Å². The molecule has 2 bridgehead atoms. The van der Waals surface area contributed by atoms with Crippen molar-refractivity contribution < 1.29 is 14.3 Å². The third-order valence-corrected chi connectivity index (χ3v) is 7.60. The van der Waals surface area contributed by atoms with E-state index in [0.29, 0.717) is 47.4 Å². The van der Waals surface area contributed by atoms with Crippen LogP contribution in [0, 0.1) is 11.8 Å². The SMILES string of the molecule is CN(Cc1ccc(COC2CC3C=CC2C3)cc1)Cc1ccc2c(c1)C(=O)c1ccccc1C2=O. The average Bonchev–Trinajstić information content (AvgIpc) is 3.50. The molecule has 1 fully saturated rings. The minimum absolute atomic E-state index is 0.0704. The van der Waals surface area contributed by atoms with Crippen LogP contribution in [-0.2, 0) is 24.4 Å². The number of nitrogens with zero attached hydrogens (tertiary/aromatic N) is 1. The number of ketones is 2. The Kier molecular flexibility index (Phi) is 5.71. The zero-order valence-corrected chi connectivity index (χ0v) is 19.9. The molecule has 0 amide bonds. The van der Waals surface area contributed by atoms with Gasteiger partial charge in [0.05, 0.1) is 12.7 Å². The van der Waals surface area contributed by atoms with Crippen molar-refractivity contribution in [1.29, 1.82) is 0 Å². The quantitative estimate of drug-likeness (QED) is 0.336. The van der Waals surface area contributed by atoms with E-state index in [9.17, 15) is 9.59 Å². The maximum absolute atomic E-state index is 13.0. The highest BCUT2D eigenvalue weighted by Crippen LogP contribution is 2.41. The van der Waals surface area contributed by atoms with Gasteiger partial charge in [-0.1, -0.05) is 66.7 Å². The van der Waals surface area contributed by atoms with Crippen LogP contribution in [0.4, 0.5) is 0 Å². The fourth-order valence-electron chi connectivity index (χ4n) is 5.79. The van der Waals surface area contributed by atoms with Gasteiger partial charge in [-0.15, -0.1) is 0 Å². The molecule has 0 radical (unpaired) electrons. The lowest BCUT2D eigenvalue weighted by molar-refractivity contribution is 0.0245. The van der Waals surface area contributed by atoms with Crippen molar-refractivity contribution in [3.8, 4) is 0 Å². The zero-order chi connectivity index (χ0) is 23.9. The van der Waals surface area contributed by atoms with Crippen molar-refractivity contribution in [1.82, 2.24) is 4.90 Å². The summed E-state index contributed by atoms with van der Waals surface area (Å²) >= 11 is 0. The third-order valence-electron chi connectivity index (χ3n) is 7.60. The summed E-state index contributed by atoms with van der Waals surface area (Å²) < 4.78 is 6.19. The van der Waals surface area contributed by atoms with Gasteiger partial charge in [0.15, 0.2) is 11.6 Å². The molecule has 35 heavy (non-hydrogen) atoms. The Morgan fingerprint density at radius 3 is 2.06 bits per heavy atom. The molecule has 3 aromatic rings. The second-order valence-electron chi connectivity index (χ2n) is 10.2. The summed E-state index contributed by atoms with van der Waals surface area (Å²) in [5.41, 5.74) is 5.47. The van der Waals surface area contributed by atoms with Gasteiger partial charge in [-0.3, -0.25) is 14.5 Å². The molecule has 0 heterocycles. The Morgan fingerprint density at radius 2 is 1.37 bits per heavy atom. The molecule has 3 atom stereocenters. The van der Waals surface area contributed by atoms with Crippen LogP contribution < -0.4 is 0 Å². The van der Waals surface area contributed by atoms with Crippen molar-refractivity contribution in [3.05, 3.63) is 118 Å². The fraction of sp³-hybridized carbons (Fsp3) is 0.290. The lowest BCUT2D eigenvalue weighted by Gasteiger charge is -2.21. The molecule has 4 heteroatoms. The van der Waals surface area contributed by atoms with E-state index in [4.69, 9.17) is 4.74 Å². The lowest BCUT2D eigenvalue weighted by Crippen LogP contribution is -2.22. The Morgan fingerprint density at radius 1 is 0.743 bits per heavy atom. The predicted molar refractivity (Wildman–Crippen MR) is 135 cm³/mol. The summed E-state index contributed by atoms with van der Waals surface area (Å²) in [7, 11) is 2.07. The number of fused-ring (bicyclic) bond motifs is 4. The van der Waals surface area contributed by atoms with Crippen molar-refractivity contribution in [2.75, 3.05) is 7.05 Å². The maximum atomic E-state index is 13.0. The summed E-state index contributed by atoms with van der Waals surface area (Å²) in [5.74, 6) is 1.20. The third kappa shape index (κ3) is 4.29. The van der Waals surface area contributed by atoms with E-state index in [2.05, 4.69) is 48.4 Å². The van der Waals surface area contributed by atoms with Crippen LogP contribution in [0.1, 0.15) is 61.4 Å². The standard InChI is InChI=1S/C31H29NO3/c1-32(17-20-6-8-21(9-7-20)19-35-29-16-22-10-12-24(29)14-22)18-23-11-13-27-28(15-23)31(34)26-5-3-2-4-25(26)30(27)33/h2-13,15,22,24,29H,14,16-19H2,1H3. The van der Waals surface area contributed by atoms with E-state index in [-0.39, 0.29) is 11.6 Å². The molecule has 176 valence electrons. The number of carbonyl (C=O) groups is 2. The van der Waals surface area contributed by atoms with Gasteiger partial charge in [0.1, 0.15) is 0 Å². The van der Waals surface area contributed by atoms with E-state index in [1.807, 2.05) is 12.1 Å². The largest absolute Gasteiger partial charge is 0.373 e. The number of rotatable bonds is 7. The minimum atomic E-state index is -0.0731. The van der Waals surface area contributed by atoms with E-state index < -0.39 is 0 Å². The van der Waals surface area contributed by atoms with Crippen LogP contribution in [0.5, 0.6) is 0 Å². The van der Waals surface area contributed by atoms with E-state index in [0.717, 1.165) is 18.0 Å². The van der Waals surface area contributed by atoms with Gasteiger partial charge in [-0.2, -0.15) is 0 Å². The Balaban J connectivity index is 1.07. The second-order valence-corrected chi connectivity index (χ2v) is 10.2. The van der Waals surface area contributed by atoms with Gasteiger partial charge in [-0.25, -0.2) is 0 Å². The number of ether oxygens (including phenoxy) is 1. The Hall–Kier alpha value is -3.34. The molecular weight excluding hydrogens is 434 g/mol. The van der Waals surface area contributed by atoms with Gasteiger partial charge in [0, 0.05) is 41.3 Å². The van der Waals surface area contributed by atoms with Gasteiger partial charge in [0.25, 0.3) is 0 Å². The number of hydrogen-bond donors (Lipinski definition) is 0. The first-order valence-corrected chi connectivity index (χ1v) is 12.4. The summed E-state index contributed by atoms with van der Waals surface area (Å²) in [5, 5.41) is 0. The van der Waals surface area contributed by atoms with E-state index >= 15 is 0 Å². The summed E-state index contributed by atoms with van der Waals surface area (Å²) in [6, 6.07) is 21.4. The fourth-order valence-corrected chi connectivity index (χ4v) is 5.79. The van der Waals surface area contributed by atoms with E-state index in [1.165, 1.54) is 24.0 Å². The summed E-state index contributed by atoms with van der Waals surface area (Å²) in [6.07, 6.45) is 7.48. The van der Waals surface area contributed by atoms with Gasteiger partial charge >= 0.3 is 0 Å². The maximum Gasteiger partial charge on any atom is 0.194 e. The molecule has 1 saturated carbocycles. The summed E-state index contributed by atoms with van der Waals surface area (Å²) in [6.45, 7) is 2.16. The smallest absolute Gasteiger partial charge is 0.194 e. The predicted octanol–water partition coefficient (Wildman–Crippen LogP) is 5.58. The molecule has 0 spiro atoms. The van der Waals surface area contributed by atoms with Crippen LogP contribution in [0.3, 0.4) is 0 Å². The molecule has 3 aliphatic carbocycles. The number of hydrogen-bond acceptors (Lipinski definition) is 4. The van der Waals surface area contributed by atoms with Crippen LogP contribution in [0.15, 0.2) is 78.9 Å². The van der Waals surface area contributed by atoms with Gasteiger partial charge in [0.2, 0.25) is 0 Å². The van der Waals surface area contributed by atoms with Crippen molar-refractivity contribution in [2.24, 2.45) is 11.8 Å². The van der Waals surface area contributed by atoms with Crippen molar-refractivity contribution in [2.45, 2.75) is 38.6 Å². The molecule has 6 rings (SSSR count). The highest BCUT2D eigenvalue weighted by Gasteiger charge is 2.36. The molecule has 0 N–H and O–H groups in total. The zero-order valence-electron chi connectivity index (χ0n) is 19.9. The first-order valence-electron chi connectivity index (χ1n) is 12.4. The molecule has 3 unspecified atom stereocenters. The Labute approximate surface area is 206 Å². The monoisotopic (exact) mass is 463 g/mol. The molecule has 3 aromatic carbocycles. The molecular formula is C31H29NO3. The number of benzene rings is 3. The molecule has 4 nitrogen and oxygen atoms in total. The second kappa shape index (κ2) is 9.03. The first-order chi connectivity index (χ1) is 17.0. The first kappa shape index (κ1) is 22.1. The Bertz CT molecular complexity index is 1320. The number of carbonyl (C=O) groups excluding carboxylic acids is 2. The minimum Gasteiger partial charge on any atom is -0.373 e. The average molecular weight is 464 g/mol. The highest BCUT2D eigenvalue weighted by atomic mass is 16.5. The molecule has 0 saturated heterocycles. The van der Waals surface area contributed by atoms with Gasteiger partial charge in [-0.05, 0) is 54.6 Å². The van der Waals surface area contributed by atoms with Crippen LogP contribution in [-0.4, -0.2) is 29.6 Å². The topological polar surface area (TPSA) is 46.6 Å². The van der Waals surface area contributed by atoms with Crippen molar-refractivity contribution in [3.63, 3.8) is 0 Å². The van der Waals surface area contributed by atoms with E-state index in [1.54, 1.807) is 30.3 Å². The van der Waals surface area contributed by atoms with Crippen LogP contribution in [0.25, 0.3) is 0 Å². The van der Waals surface area contributed by atoms with Crippen LogP contribution in [0.2, 0.25) is 0 Å². The highest BCUT2D eigenvalue weighted by molar-refractivity contribution is 6.28. The van der Waals surface area contributed by atoms with Crippen molar-refractivity contribution >= 4 is 11.6 Å².